The third kappa shape index (κ3) is 7.44. The third-order valence-electron chi connectivity index (χ3n) is 11.1. The molecule has 332 valence electrons. The van der Waals surface area contributed by atoms with Crippen LogP contribution in [0.25, 0.3) is 38.8 Å². The van der Waals surface area contributed by atoms with Gasteiger partial charge in [0.1, 0.15) is 52.1 Å². The highest BCUT2D eigenvalue weighted by Crippen LogP contribution is 2.68. The number of amides is 1. The van der Waals surface area contributed by atoms with Gasteiger partial charge in [0.2, 0.25) is 5.91 Å². The molecule has 2 aliphatic carbocycles. The molecule has 4 unspecified atom stereocenters. The van der Waals surface area contributed by atoms with Gasteiger partial charge in [-0.2, -0.15) is 32.1 Å². The minimum Gasteiger partial charge on any atom is -0.344 e. The number of halogens is 10. The Hall–Kier alpha value is -6.29. The molecule has 2 N–H and O–H groups in total. The van der Waals surface area contributed by atoms with Crippen molar-refractivity contribution in [2.75, 3.05) is 11.0 Å². The summed E-state index contributed by atoms with van der Waals surface area (Å²) in [5.74, 6) is -9.21. The lowest BCUT2D eigenvalue weighted by Crippen LogP contribution is -2.38. The van der Waals surface area contributed by atoms with Crippen LogP contribution in [-0.2, 0) is 47.9 Å². The standard InChI is InChI=1S/C41H29ClF9N9O3S/c1-58-34-28(9-8-24(42)32(34)37(56-58)57-64(2)63)60-38(54-26-13-18(6-7-21(26)39(60)62)25-4-3-5-29(52-25)41(49,50)51)27(12-17-10-19(43)14-20(44)11-17)53-30(61)16-59-35-31(33(55-59)36(45)46)22-15-23(22)40(35,47)48/h3-11,13-14,22-23,27,36H,12,15-16H2,1-2H3,(H,53,61)(H,56,57). The van der Waals surface area contributed by atoms with E-state index in [0.717, 1.165) is 28.8 Å². The first kappa shape index (κ1) is 43.0. The van der Waals surface area contributed by atoms with Gasteiger partial charge in [-0.1, -0.05) is 23.7 Å². The van der Waals surface area contributed by atoms with Crippen molar-refractivity contribution >= 4 is 56.1 Å². The number of anilines is 1. The zero-order valence-corrected chi connectivity index (χ0v) is 34.4. The number of hydrogen-bond acceptors (Lipinski definition) is 7. The molecule has 3 aromatic carbocycles. The number of alkyl halides is 7. The van der Waals surface area contributed by atoms with E-state index in [4.69, 9.17) is 16.6 Å². The van der Waals surface area contributed by atoms with Gasteiger partial charge in [0.05, 0.1) is 44.3 Å². The van der Waals surface area contributed by atoms with E-state index in [-0.39, 0.29) is 73.0 Å². The lowest BCUT2D eigenvalue weighted by Gasteiger charge is -2.24. The van der Waals surface area contributed by atoms with Crippen LogP contribution >= 0.6 is 11.6 Å². The summed E-state index contributed by atoms with van der Waals surface area (Å²) in [6.45, 7) is -1.04. The van der Waals surface area contributed by atoms with E-state index in [9.17, 15) is 44.5 Å². The summed E-state index contributed by atoms with van der Waals surface area (Å²) in [5, 5.41) is 10.8. The molecule has 9 rings (SSSR count). The molecule has 4 aromatic heterocycles. The minimum absolute atomic E-state index is 0.00244. The Labute approximate surface area is 361 Å². The molecular formula is C41H29ClF9N9O3S. The van der Waals surface area contributed by atoms with E-state index in [1.807, 2.05) is 0 Å². The molecule has 23 heteroatoms. The second-order valence-electron chi connectivity index (χ2n) is 15.3. The van der Waals surface area contributed by atoms with Gasteiger partial charge < -0.3 is 5.32 Å². The first-order chi connectivity index (χ1) is 30.2. The van der Waals surface area contributed by atoms with Gasteiger partial charge in [-0.15, -0.1) is 0 Å². The predicted molar refractivity (Wildman–Crippen MR) is 215 cm³/mol. The molecule has 2 aliphatic rings. The Kier molecular flexibility index (Phi) is 10.4. The van der Waals surface area contributed by atoms with Gasteiger partial charge in [0.15, 0.2) is 5.82 Å². The van der Waals surface area contributed by atoms with Crippen molar-refractivity contribution < 1.29 is 48.5 Å². The maximum Gasteiger partial charge on any atom is 0.433 e. The number of carbonyl (C=O) groups excluding carboxylic acids is 1. The van der Waals surface area contributed by atoms with Crippen molar-refractivity contribution in [1.82, 2.24) is 39.4 Å². The number of pyridine rings is 1. The summed E-state index contributed by atoms with van der Waals surface area (Å²) in [5.41, 5.74) is -4.30. The Morgan fingerprint density at radius 1 is 1.02 bits per heavy atom. The second-order valence-corrected chi connectivity index (χ2v) is 16.9. The Morgan fingerprint density at radius 3 is 2.44 bits per heavy atom. The third-order valence-corrected chi connectivity index (χ3v) is 11.9. The SMILES string of the molecule is Cn1nc(NS(C)=O)c2c(Cl)ccc(-n3c(C(Cc4cc(F)cc(F)c4)NC(=O)Cn4nc(C(F)F)c5c4C(F)(F)C4CC54)nc4cc(-c5cccc(C(F)(F)F)n5)ccc4c3=O)c21. The van der Waals surface area contributed by atoms with Crippen molar-refractivity contribution in [3.8, 4) is 16.9 Å². The van der Waals surface area contributed by atoms with Crippen LogP contribution in [0.5, 0.6) is 0 Å². The number of rotatable bonds is 11. The zero-order chi connectivity index (χ0) is 45.7. The van der Waals surface area contributed by atoms with Crippen molar-refractivity contribution in [2.45, 2.75) is 49.9 Å². The largest absolute Gasteiger partial charge is 0.433 e. The fourth-order valence-corrected chi connectivity index (χ4v) is 9.11. The number of aryl methyl sites for hydroxylation is 1. The van der Waals surface area contributed by atoms with Gasteiger partial charge in [-0.3, -0.25) is 28.2 Å². The topological polar surface area (TPSA) is 142 Å². The van der Waals surface area contributed by atoms with Gasteiger partial charge in [0.25, 0.3) is 17.9 Å². The first-order valence-corrected chi connectivity index (χ1v) is 21.0. The number of nitrogens with one attached hydrogen (secondary N) is 2. The molecule has 4 heterocycles. The van der Waals surface area contributed by atoms with E-state index in [1.165, 1.54) is 54.4 Å². The van der Waals surface area contributed by atoms with Crippen LogP contribution in [0, 0.1) is 17.6 Å². The van der Waals surface area contributed by atoms with Crippen LogP contribution < -0.4 is 15.6 Å². The van der Waals surface area contributed by atoms with E-state index in [1.54, 1.807) is 0 Å². The highest BCUT2D eigenvalue weighted by molar-refractivity contribution is 7.85. The molecule has 1 saturated carbocycles. The molecule has 0 saturated heterocycles. The number of aromatic nitrogens is 7. The van der Waals surface area contributed by atoms with Crippen molar-refractivity contribution in [1.29, 1.82) is 0 Å². The summed E-state index contributed by atoms with van der Waals surface area (Å²) in [7, 11) is -0.195. The Bertz CT molecular complexity index is 3150. The van der Waals surface area contributed by atoms with Crippen molar-refractivity contribution in [3.05, 3.63) is 128 Å². The van der Waals surface area contributed by atoms with Crippen LogP contribution in [-0.4, -0.2) is 50.5 Å². The molecule has 7 aromatic rings. The lowest BCUT2D eigenvalue weighted by molar-refractivity contribution is -0.141. The summed E-state index contributed by atoms with van der Waals surface area (Å²) >= 11 is 6.64. The average Bonchev–Trinajstić information content (AvgIpc) is 3.75. The van der Waals surface area contributed by atoms with Crippen LogP contribution in [0.1, 0.15) is 58.8 Å². The van der Waals surface area contributed by atoms with Crippen LogP contribution in [0.15, 0.2) is 71.5 Å². The van der Waals surface area contributed by atoms with Gasteiger partial charge >= 0.3 is 6.18 Å². The van der Waals surface area contributed by atoms with Gasteiger partial charge in [-0.25, -0.2) is 31.7 Å². The highest BCUT2D eigenvalue weighted by atomic mass is 35.5. The summed E-state index contributed by atoms with van der Waals surface area (Å²) in [6.07, 6.45) is -7.30. The molecule has 12 nitrogen and oxygen atoms in total. The summed E-state index contributed by atoms with van der Waals surface area (Å²) < 4.78 is 148. The second kappa shape index (κ2) is 15.5. The van der Waals surface area contributed by atoms with E-state index in [0.29, 0.717) is 10.7 Å². The normalized spacial score (nSPS) is 17.5. The summed E-state index contributed by atoms with van der Waals surface area (Å²) in [4.78, 5) is 37.6. The summed E-state index contributed by atoms with van der Waals surface area (Å²) in [6, 6.07) is 10.7. The van der Waals surface area contributed by atoms with Crippen molar-refractivity contribution in [2.24, 2.45) is 13.0 Å². The molecule has 0 aliphatic heterocycles. The molecule has 1 amide bonds. The Balaban J connectivity index is 1.26. The fourth-order valence-electron chi connectivity index (χ4n) is 8.45. The molecule has 0 spiro atoms. The van der Waals surface area contributed by atoms with Crippen LogP contribution in [0.4, 0.5) is 45.3 Å². The van der Waals surface area contributed by atoms with Gasteiger partial charge in [0, 0.05) is 42.8 Å². The highest BCUT2D eigenvalue weighted by Gasteiger charge is 2.67. The molecule has 64 heavy (non-hydrogen) atoms. The zero-order valence-electron chi connectivity index (χ0n) is 32.8. The molecule has 1 fully saturated rings. The van der Waals surface area contributed by atoms with Crippen molar-refractivity contribution in [3.63, 3.8) is 0 Å². The quantitative estimate of drug-likeness (QED) is 0.124. The number of carbonyl (C=O) groups is 1. The predicted octanol–water partition coefficient (Wildman–Crippen LogP) is 8.43. The first-order valence-electron chi connectivity index (χ1n) is 19.1. The molecule has 0 radical (unpaired) electrons. The maximum atomic E-state index is 15.5. The lowest BCUT2D eigenvalue weighted by atomic mass is 10.0. The van der Waals surface area contributed by atoms with E-state index in [2.05, 4.69) is 25.2 Å². The van der Waals surface area contributed by atoms with Crippen LogP contribution in [0.2, 0.25) is 5.02 Å². The number of fused-ring (bicyclic) bond motifs is 5. The molecule has 4 atom stereocenters. The molecular weight excluding hydrogens is 905 g/mol. The molecule has 0 bridgehead atoms. The van der Waals surface area contributed by atoms with Crippen LogP contribution in [0.3, 0.4) is 0 Å². The monoisotopic (exact) mass is 933 g/mol. The number of benzene rings is 3. The van der Waals surface area contributed by atoms with Gasteiger partial charge in [-0.05, 0) is 66.4 Å². The minimum atomic E-state index is -4.81. The average molecular weight is 934 g/mol. The maximum absolute atomic E-state index is 15.5. The number of nitrogens with zero attached hydrogens (tertiary/aromatic N) is 7. The fraction of sp³-hybridized carbons (Fsp3) is 0.268. The van der Waals surface area contributed by atoms with E-state index >= 15 is 8.78 Å². The smallest absolute Gasteiger partial charge is 0.344 e. The van der Waals surface area contributed by atoms with E-state index < -0.39 is 101 Å². The number of hydrogen-bond donors (Lipinski definition) is 2. The Morgan fingerprint density at radius 2 is 1.75 bits per heavy atom.